The Bertz CT molecular complexity index is 932. The first-order valence-electron chi connectivity index (χ1n) is 9.26. The molecule has 2 aliphatic heterocycles. The Morgan fingerprint density at radius 3 is 2.57 bits per heavy atom. The fourth-order valence-electron chi connectivity index (χ4n) is 4.32. The summed E-state index contributed by atoms with van der Waals surface area (Å²) < 4.78 is 41.1. The number of aliphatic imine (C=N–C) groups is 1. The Kier molecular flexibility index (Phi) is 4.71. The minimum Gasteiger partial charge on any atom is -0.306 e. The number of fused-ring (bicyclic) bond motifs is 1. The number of rotatable bonds is 2. The molecule has 4 rings (SSSR count). The van der Waals surface area contributed by atoms with Crippen LogP contribution in [0.15, 0.2) is 35.5 Å². The van der Waals surface area contributed by atoms with Crippen LogP contribution in [-0.4, -0.2) is 40.9 Å². The first-order valence-corrected chi connectivity index (χ1v) is 9.26. The number of likely N-dealkylation sites (tertiary alicyclic amines) is 1. The van der Waals surface area contributed by atoms with Crippen molar-refractivity contribution in [2.75, 3.05) is 20.1 Å². The number of piperidine rings is 1. The largest absolute Gasteiger partial charge is 0.416 e. The SMILES string of the molecule is CN1CCC(C2=Nc3[nH]ncc3C(c3ccccc3C(F)(F)F)C2C#N)CC1. The van der Waals surface area contributed by atoms with Crippen molar-refractivity contribution in [1.82, 2.24) is 15.1 Å². The van der Waals surface area contributed by atoms with E-state index in [-0.39, 0.29) is 11.5 Å². The van der Waals surface area contributed by atoms with Gasteiger partial charge < -0.3 is 4.90 Å². The van der Waals surface area contributed by atoms with Crippen LogP contribution in [0.2, 0.25) is 0 Å². The third kappa shape index (κ3) is 3.20. The first kappa shape index (κ1) is 18.7. The average molecular weight is 387 g/mol. The van der Waals surface area contributed by atoms with E-state index >= 15 is 0 Å². The molecule has 2 aliphatic rings. The van der Waals surface area contributed by atoms with Crippen molar-refractivity contribution in [2.45, 2.75) is 24.9 Å². The van der Waals surface area contributed by atoms with Crippen molar-refractivity contribution in [3.8, 4) is 6.07 Å². The van der Waals surface area contributed by atoms with Gasteiger partial charge in [-0.1, -0.05) is 18.2 Å². The van der Waals surface area contributed by atoms with E-state index in [0.29, 0.717) is 17.1 Å². The second-order valence-electron chi connectivity index (χ2n) is 7.46. The van der Waals surface area contributed by atoms with Gasteiger partial charge in [-0.15, -0.1) is 0 Å². The predicted octanol–water partition coefficient (Wildman–Crippen LogP) is 4.13. The standard InChI is InChI=1S/C20H20F3N5/c1-28-8-6-12(7-9-28)18-14(10-24)17(15-11-25-27-19(15)26-18)13-4-2-3-5-16(13)20(21,22)23/h2-5,11-12,14,17H,6-9H2,1H3,(H,25,27). The van der Waals surface area contributed by atoms with Crippen molar-refractivity contribution in [1.29, 1.82) is 5.26 Å². The fourth-order valence-corrected chi connectivity index (χ4v) is 4.32. The molecule has 0 spiro atoms. The number of hydrogen-bond acceptors (Lipinski definition) is 4. The molecule has 5 nitrogen and oxygen atoms in total. The maximum atomic E-state index is 13.7. The lowest BCUT2D eigenvalue weighted by atomic mass is 9.72. The van der Waals surface area contributed by atoms with Gasteiger partial charge in [0.25, 0.3) is 0 Å². The van der Waals surface area contributed by atoms with Gasteiger partial charge in [0.1, 0.15) is 0 Å². The van der Waals surface area contributed by atoms with Gasteiger partial charge in [-0.3, -0.25) is 5.10 Å². The smallest absolute Gasteiger partial charge is 0.306 e. The molecule has 8 heteroatoms. The van der Waals surface area contributed by atoms with Crippen LogP contribution >= 0.6 is 0 Å². The van der Waals surface area contributed by atoms with Crippen LogP contribution in [-0.2, 0) is 6.18 Å². The molecule has 2 atom stereocenters. The molecule has 2 unspecified atom stereocenters. The zero-order chi connectivity index (χ0) is 19.9. The molecule has 1 aromatic carbocycles. The van der Waals surface area contributed by atoms with Crippen LogP contribution in [0.1, 0.15) is 35.4 Å². The van der Waals surface area contributed by atoms with Crippen LogP contribution in [0, 0.1) is 23.2 Å². The fraction of sp³-hybridized carbons (Fsp3) is 0.450. The van der Waals surface area contributed by atoms with Gasteiger partial charge in [0, 0.05) is 23.1 Å². The van der Waals surface area contributed by atoms with E-state index in [1.54, 1.807) is 6.07 Å². The normalized spacial score (nSPS) is 23.8. The molecule has 0 amide bonds. The van der Waals surface area contributed by atoms with E-state index in [4.69, 9.17) is 0 Å². The maximum absolute atomic E-state index is 13.7. The van der Waals surface area contributed by atoms with E-state index < -0.39 is 23.6 Å². The van der Waals surface area contributed by atoms with Crippen LogP contribution < -0.4 is 0 Å². The van der Waals surface area contributed by atoms with Crippen molar-refractivity contribution >= 4 is 11.5 Å². The van der Waals surface area contributed by atoms with Crippen LogP contribution in [0.5, 0.6) is 0 Å². The third-order valence-corrected chi connectivity index (χ3v) is 5.75. The summed E-state index contributed by atoms with van der Waals surface area (Å²) in [5.41, 5.74) is 0.607. The van der Waals surface area contributed by atoms with Gasteiger partial charge >= 0.3 is 6.18 Å². The van der Waals surface area contributed by atoms with Crippen LogP contribution in [0.4, 0.5) is 19.0 Å². The Morgan fingerprint density at radius 2 is 1.89 bits per heavy atom. The summed E-state index contributed by atoms with van der Waals surface area (Å²) >= 11 is 0. The Labute approximate surface area is 160 Å². The Morgan fingerprint density at radius 1 is 1.18 bits per heavy atom. The molecule has 28 heavy (non-hydrogen) atoms. The Balaban J connectivity index is 1.83. The number of hydrogen-bond donors (Lipinski definition) is 1. The van der Waals surface area contributed by atoms with E-state index in [1.807, 2.05) is 7.05 Å². The first-order chi connectivity index (χ1) is 13.4. The number of nitrogens with zero attached hydrogens (tertiary/aromatic N) is 4. The van der Waals surface area contributed by atoms with Crippen LogP contribution in [0.3, 0.4) is 0 Å². The number of halogens is 3. The monoisotopic (exact) mass is 387 g/mol. The van der Waals surface area contributed by atoms with Crippen molar-refractivity contribution in [2.24, 2.45) is 16.8 Å². The van der Waals surface area contributed by atoms with Gasteiger partial charge in [0.2, 0.25) is 0 Å². The summed E-state index contributed by atoms with van der Waals surface area (Å²) in [6, 6.07) is 7.76. The molecular formula is C20H20F3N5. The predicted molar refractivity (Wildman–Crippen MR) is 98.3 cm³/mol. The molecule has 2 aromatic rings. The number of aromatic nitrogens is 2. The number of H-pyrrole nitrogens is 1. The maximum Gasteiger partial charge on any atom is 0.416 e. The summed E-state index contributed by atoms with van der Waals surface area (Å²) in [6.45, 7) is 1.75. The molecule has 1 aromatic heterocycles. The van der Waals surface area contributed by atoms with Gasteiger partial charge in [-0.05, 0) is 44.6 Å². The number of alkyl halides is 3. The number of nitriles is 1. The molecule has 1 fully saturated rings. The highest BCUT2D eigenvalue weighted by Gasteiger charge is 2.43. The molecule has 3 heterocycles. The summed E-state index contributed by atoms with van der Waals surface area (Å²) in [4.78, 5) is 6.86. The van der Waals surface area contributed by atoms with Gasteiger partial charge in [-0.2, -0.15) is 23.5 Å². The lowest BCUT2D eigenvalue weighted by molar-refractivity contribution is -0.138. The zero-order valence-corrected chi connectivity index (χ0v) is 15.4. The second-order valence-corrected chi connectivity index (χ2v) is 7.46. The molecule has 1 saturated heterocycles. The number of benzene rings is 1. The minimum atomic E-state index is -4.50. The highest BCUT2D eigenvalue weighted by Crippen LogP contribution is 2.47. The lowest BCUT2D eigenvalue weighted by Crippen LogP contribution is -2.38. The van der Waals surface area contributed by atoms with E-state index in [2.05, 4.69) is 26.2 Å². The molecule has 0 aliphatic carbocycles. The lowest BCUT2D eigenvalue weighted by Gasteiger charge is -2.35. The molecule has 0 bridgehead atoms. The van der Waals surface area contributed by atoms with E-state index in [0.717, 1.165) is 32.0 Å². The summed E-state index contributed by atoms with van der Waals surface area (Å²) in [7, 11) is 2.04. The quantitative estimate of drug-likeness (QED) is 0.843. The molecule has 146 valence electrons. The molecule has 0 saturated carbocycles. The van der Waals surface area contributed by atoms with Crippen LogP contribution in [0.25, 0.3) is 0 Å². The topological polar surface area (TPSA) is 68.1 Å². The minimum absolute atomic E-state index is 0.0813. The summed E-state index contributed by atoms with van der Waals surface area (Å²) in [5.74, 6) is -0.953. The van der Waals surface area contributed by atoms with Crippen molar-refractivity contribution in [3.05, 3.63) is 47.2 Å². The molecular weight excluding hydrogens is 367 g/mol. The second kappa shape index (κ2) is 7.06. The highest BCUT2D eigenvalue weighted by molar-refractivity contribution is 5.96. The third-order valence-electron chi connectivity index (χ3n) is 5.75. The van der Waals surface area contributed by atoms with E-state index in [1.165, 1.54) is 18.3 Å². The molecule has 0 radical (unpaired) electrons. The summed E-state index contributed by atoms with van der Waals surface area (Å²) in [6.07, 6.45) is -1.33. The van der Waals surface area contributed by atoms with E-state index in [9.17, 15) is 18.4 Å². The average Bonchev–Trinajstić information content (AvgIpc) is 3.14. The summed E-state index contributed by atoms with van der Waals surface area (Å²) in [5, 5.41) is 16.8. The number of aromatic amines is 1. The van der Waals surface area contributed by atoms with Gasteiger partial charge in [-0.25, -0.2) is 4.99 Å². The Hall–Kier alpha value is -2.66. The number of nitrogens with one attached hydrogen (secondary N) is 1. The van der Waals surface area contributed by atoms with Crippen molar-refractivity contribution in [3.63, 3.8) is 0 Å². The van der Waals surface area contributed by atoms with Gasteiger partial charge in [0.05, 0.1) is 23.7 Å². The molecule has 1 N–H and O–H groups in total. The van der Waals surface area contributed by atoms with Crippen molar-refractivity contribution < 1.29 is 13.2 Å². The van der Waals surface area contributed by atoms with Gasteiger partial charge in [0.15, 0.2) is 5.82 Å². The highest BCUT2D eigenvalue weighted by atomic mass is 19.4. The zero-order valence-electron chi connectivity index (χ0n) is 15.4.